The Kier molecular flexibility index (Phi) is 6.21. The molecule has 0 spiro atoms. The van der Waals surface area contributed by atoms with E-state index in [-0.39, 0.29) is 17.9 Å². The molecule has 2 unspecified atom stereocenters. The molecule has 1 amide bonds. The van der Waals surface area contributed by atoms with Crippen LogP contribution in [0.2, 0.25) is 0 Å². The predicted molar refractivity (Wildman–Crippen MR) is 85.8 cm³/mol. The van der Waals surface area contributed by atoms with Crippen LogP contribution in [0.15, 0.2) is 24.3 Å². The number of hydrogen-bond acceptors (Lipinski definition) is 4. The van der Waals surface area contributed by atoms with Gasteiger partial charge in [0, 0.05) is 19.3 Å². The number of nitrogens with one attached hydrogen (secondary N) is 1. The third-order valence-corrected chi connectivity index (χ3v) is 4.14. The monoisotopic (exact) mass is 306 g/mol. The fourth-order valence-corrected chi connectivity index (χ4v) is 2.83. The molecular formula is C17H26N2O3. The summed E-state index contributed by atoms with van der Waals surface area (Å²) in [5, 5.41) is 3.02. The van der Waals surface area contributed by atoms with Gasteiger partial charge in [0.15, 0.2) is 0 Å². The highest BCUT2D eigenvalue weighted by atomic mass is 16.5. The van der Waals surface area contributed by atoms with Gasteiger partial charge in [-0.3, -0.25) is 4.79 Å². The summed E-state index contributed by atoms with van der Waals surface area (Å²) >= 11 is 0. The third-order valence-electron chi connectivity index (χ3n) is 4.14. The van der Waals surface area contributed by atoms with Crippen LogP contribution in [0.5, 0.6) is 5.75 Å². The van der Waals surface area contributed by atoms with Crippen LogP contribution in [-0.4, -0.2) is 38.3 Å². The molecule has 1 aromatic rings. The fourth-order valence-electron chi connectivity index (χ4n) is 2.83. The van der Waals surface area contributed by atoms with E-state index in [9.17, 15) is 4.79 Å². The lowest BCUT2D eigenvalue weighted by atomic mass is 9.91. The zero-order chi connectivity index (χ0) is 15.9. The van der Waals surface area contributed by atoms with Gasteiger partial charge in [0.25, 0.3) is 0 Å². The highest BCUT2D eigenvalue weighted by molar-refractivity contribution is 5.82. The van der Waals surface area contributed by atoms with Crippen molar-refractivity contribution in [1.29, 1.82) is 0 Å². The van der Waals surface area contributed by atoms with E-state index in [0.717, 1.165) is 30.6 Å². The van der Waals surface area contributed by atoms with Gasteiger partial charge < -0.3 is 20.5 Å². The first kappa shape index (κ1) is 16.8. The van der Waals surface area contributed by atoms with E-state index in [0.29, 0.717) is 13.2 Å². The Balaban J connectivity index is 1.84. The topological polar surface area (TPSA) is 73.6 Å². The van der Waals surface area contributed by atoms with E-state index in [2.05, 4.69) is 5.32 Å². The zero-order valence-electron chi connectivity index (χ0n) is 13.4. The van der Waals surface area contributed by atoms with E-state index in [1.807, 2.05) is 31.2 Å². The van der Waals surface area contributed by atoms with Crippen molar-refractivity contribution >= 4 is 5.91 Å². The summed E-state index contributed by atoms with van der Waals surface area (Å²) in [5.74, 6) is 0.981. The number of amides is 1. The van der Waals surface area contributed by atoms with Crippen molar-refractivity contribution in [3.63, 3.8) is 0 Å². The first-order valence-electron chi connectivity index (χ1n) is 7.86. The van der Waals surface area contributed by atoms with E-state index < -0.39 is 6.04 Å². The van der Waals surface area contributed by atoms with Crippen LogP contribution >= 0.6 is 0 Å². The van der Waals surface area contributed by atoms with Crippen LogP contribution in [0.25, 0.3) is 0 Å². The van der Waals surface area contributed by atoms with Gasteiger partial charge in [-0.15, -0.1) is 0 Å². The molecule has 1 fully saturated rings. The molecule has 5 nitrogen and oxygen atoms in total. The molecular weight excluding hydrogens is 280 g/mol. The summed E-state index contributed by atoms with van der Waals surface area (Å²) in [6.45, 7) is 3.39. The molecule has 1 heterocycles. The number of ether oxygens (including phenoxy) is 2. The maximum absolute atomic E-state index is 12.3. The van der Waals surface area contributed by atoms with E-state index in [1.165, 1.54) is 0 Å². The first-order chi connectivity index (χ1) is 10.6. The molecule has 0 radical (unpaired) electrons. The Morgan fingerprint density at radius 3 is 2.86 bits per heavy atom. The molecule has 3 N–H and O–H groups in total. The Bertz CT molecular complexity index is 487. The lowest BCUT2D eigenvalue weighted by molar-refractivity contribution is -0.124. The van der Waals surface area contributed by atoms with Crippen LogP contribution in [0.4, 0.5) is 0 Å². The fraction of sp³-hybridized carbons (Fsp3) is 0.588. The Morgan fingerprint density at radius 2 is 2.18 bits per heavy atom. The summed E-state index contributed by atoms with van der Waals surface area (Å²) in [7, 11) is 1.65. The zero-order valence-corrected chi connectivity index (χ0v) is 13.4. The number of methoxy groups -OCH3 is 1. The molecule has 1 aliphatic heterocycles. The largest absolute Gasteiger partial charge is 0.497 e. The first-order valence-corrected chi connectivity index (χ1v) is 7.86. The number of rotatable bonds is 6. The molecule has 1 saturated heterocycles. The lowest BCUT2D eigenvalue weighted by Crippen LogP contribution is -2.49. The van der Waals surface area contributed by atoms with Gasteiger partial charge in [-0.1, -0.05) is 12.1 Å². The van der Waals surface area contributed by atoms with Gasteiger partial charge in [0.2, 0.25) is 5.91 Å². The van der Waals surface area contributed by atoms with Gasteiger partial charge in [-0.25, -0.2) is 0 Å². The summed E-state index contributed by atoms with van der Waals surface area (Å²) in [5.41, 5.74) is 7.22. The standard InChI is InChI=1S/C17H26N2O3/c1-12(10-13-4-3-5-15(11-13)21-2)19-17(20)16(18)14-6-8-22-9-7-14/h3-5,11-12,14,16H,6-10,18H2,1-2H3,(H,19,20). The molecule has 1 aliphatic rings. The summed E-state index contributed by atoms with van der Waals surface area (Å²) < 4.78 is 10.5. The van der Waals surface area contributed by atoms with Crippen molar-refractivity contribution in [2.24, 2.45) is 11.7 Å². The SMILES string of the molecule is COc1cccc(CC(C)NC(=O)C(N)C2CCOCC2)c1. The lowest BCUT2D eigenvalue weighted by Gasteiger charge is -2.27. The molecule has 22 heavy (non-hydrogen) atoms. The summed E-state index contributed by atoms with van der Waals surface area (Å²) in [6, 6.07) is 7.47. The molecule has 2 atom stereocenters. The van der Waals surface area contributed by atoms with Gasteiger partial charge in [0.05, 0.1) is 13.2 Å². The highest BCUT2D eigenvalue weighted by Gasteiger charge is 2.27. The molecule has 122 valence electrons. The van der Waals surface area contributed by atoms with Crippen LogP contribution in [-0.2, 0) is 16.0 Å². The van der Waals surface area contributed by atoms with Gasteiger partial charge in [0.1, 0.15) is 5.75 Å². The van der Waals surface area contributed by atoms with Crippen molar-refractivity contribution < 1.29 is 14.3 Å². The minimum absolute atomic E-state index is 0.0329. The minimum atomic E-state index is -0.448. The van der Waals surface area contributed by atoms with Gasteiger partial charge in [-0.2, -0.15) is 0 Å². The number of nitrogens with two attached hydrogens (primary N) is 1. The number of benzene rings is 1. The van der Waals surface area contributed by atoms with Crippen LogP contribution in [0, 0.1) is 5.92 Å². The number of carbonyl (C=O) groups is 1. The predicted octanol–water partition coefficient (Wildman–Crippen LogP) is 1.50. The van der Waals surface area contributed by atoms with Crippen molar-refractivity contribution in [2.75, 3.05) is 20.3 Å². The van der Waals surface area contributed by atoms with Crippen molar-refractivity contribution in [3.05, 3.63) is 29.8 Å². The quantitative estimate of drug-likeness (QED) is 0.835. The molecule has 0 bridgehead atoms. The molecule has 0 saturated carbocycles. The molecule has 2 rings (SSSR count). The van der Waals surface area contributed by atoms with Gasteiger partial charge >= 0.3 is 0 Å². The van der Waals surface area contributed by atoms with E-state index in [4.69, 9.17) is 15.2 Å². The van der Waals surface area contributed by atoms with Gasteiger partial charge in [-0.05, 0) is 49.8 Å². The van der Waals surface area contributed by atoms with E-state index >= 15 is 0 Å². The third kappa shape index (κ3) is 4.71. The summed E-state index contributed by atoms with van der Waals surface area (Å²) in [4.78, 5) is 12.3. The Labute approximate surface area is 132 Å². The highest BCUT2D eigenvalue weighted by Crippen LogP contribution is 2.18. The molecule has 0 aromatic heterocycles. The molecule has 5 heteroatoms. The van der Waals surface area contributed by atoms with Crippen LogP contribution < -0.4 is 15.8 Å². The maximum atomic E-state index is 12.3. The minimum Gasteiger partial charge on any atom is -0.497 e. The van der Waals surface area contributed by atoms with Crippen molar-refractivity contribution in [1.82, 2.24) is 5.32 Å². The Morgan fingerprint density at radius 1 is 1.45 bits per heavy atom. The summed E-state index contributed by atoms with van der Waals surface area (Å²) in [6.07, 6.45) is 2.47. The average Bonchev–Trinajstić information content (AvgIpc) is 2.55. The van der Waals surface area contributed by atoms with Crippen LogP contribution in [0.3, 0.4) is 0 Å². The number of carbonyl (C=O) groups excluding carboxylic acids is 1. The van der Waals surface area contributed by atoms with Crippen molar-refractivity contribution in [3.8, 4) is 5.75 Å². The maximum Gasteiger partial charge on any atom is 0.237 e. The second kappa shape index (κ2) is 8.15. The normalized spacial score (nSPS) is 18.5. The smallest absolute Gasteiger partial charge is 0.237 e. The average molecular weight is 306 g/mol. The Hall–Kier alpha value is -1.59. The molecule has 1 aromatic carbocycles. The van der Waals surface area contributed by atoms with E-state index in [1.54, 1.807) is 7.11 Å². The number of hydrogen-bond donors (Lipinski definition) is 2. The molecule has 0 aliphatic carbocycles. The van der Waals surface area contributed by atoms with Crippen LogP contribution in [0.1, 0.15) is 25.3 Å². The van der Waals surface area contributed by atoms with Crippen molar-refractivity contribution in [2.45, 2.75) is 38.3 Å². The second-order valence-electron chi connectivity index (χ2n) is 5.94. The second-order valence-corrected chi connectivity index (χ2v) is 5.94.